The van der Waals surface area contributed by atoms with Gasteiger partial charge in [0, 0.05) is 38.1 Å². The summed E-state index contributed by atoms with van der Waals surface area (Å²) in [6.45, 7) is 2.23. The molecular formula is C24H28FN5O2. The summed E-state index contributed by atoms with van der Waals surface area (Å²) in [6.07, 6.45) is 13.4. The van der Waals surface area contributed by atoms with Crippen molar-refractivity contribution in [2.75, 3.05) is 24.5 Å². The number of hydrogen-bond acceptors (Lipinski definition) is 6. The van der Waals surface area contributed by atoms with E-state index < -0.39 is 5.82 Å². The maximum absolute atomic E-state index is 14.4. The summed E-state index contributed by atoms with van der Waals surface area (Å²) in [6, 6.07) is 4.02. The van der Waals surface area contributed by atoms with Crippen molar-refractivity contribution in [3.8, 4) is 6.01 Å². The average molecular weight is 438 g/mol. The SMILES string of the molecule is O=C(/C=C/c1cccnc1)NCCC1C2CN(c3nc(OC4CCCC4)ncc3F)CC12. The minimum Gasteiger partial charge on any atom is -0.460 e. The van der Waals surface area contributed by atoms with E-state index in [9.17, 15) is 9.18 Å². The second-order valence-corrected chi connectivity index (χ2v) is 8.94. The number of carbonyl (C=O) groups is 1. The van der Waals surface area contributed by atoms with Gasteiger partial charge in [0.1, 0.15) is 6.10 Å². The van der Waals surface area contributed by atoms with E-state index in [1.54, 1.807) is 18.5 Å². The van der Waals surface area contributed by atoms with Crippen LogP contribution in [0, 0.1) is 23.6 Å². The van der Waals surface area contributed by atoms with Crippen LogP contribution in [0.4, 0.5) is 10.2 Å². The third-order valence-corrected chi connectivity index (χ3v) is 6.84. The fraction of sp³-hybridized carbons (Fsp3) is 0.500. The van der Waals surface area contributed by atoms with Crippen molar-refractivity contribution in [1.29, 1.82) is 0 Å². The van der Waals surface area contributed by atoms with Gasteiger partial charge in [-0.05, 0) is 67.6 Å². The van der Waals surface area contributed by atoms with E-state index in [4.69, 9.17) is 4.74 Å². The molecule has 1 amide bonds. The number of rotatable bonds is 8. The Labute approximate surface area is 187 Å². The molecule has 3 aliphatic rings. The standard InChI is InChI=1S/C24H28FN5O2/c25-21-13-28-24(32-17-5-1-2-6-17)29-23(21)30-14-19-18(20(19)15-30)9-11-27-22(31)8-7-16-4-3-10-26-12-16/h3-4,7-8,10,12-13,17-20H,1-2,5-6,9,11,14-15H2,(H,27,31)/b8-7+. The van der Waals surface area contributed by atoms with Crippen molar-refractivity contribution in [2.24, 2.45) is 17.8 Å². The van der Waals surface area contributed by atoms with Gasteiger partial charge < -0.3 is 15.0 Å². The van der Waals surface area contributed by atoms with E-state index in [1.807, 2.05) is 17.0 Å². The Morgan fingerprint density at radius 3 is 2.81 bits per heavy atom. The first-order valence-corrected chi connectivity index (χ1v) is 11.5. The summed E-state index contributed by atoms with van der Waals surface area (Å²) in [4.78, 5) is 26.4. The largest absolute Gasteiger partial charge is 0.460 e. The lowest BCUT2D eigenvalue weighted by atomic mass is 10.2. The van der Waals surface area contributed by atoms with Crippen LogP contribution < -0.4 is 15.0 Å². The highest BCUT2D eigenvalue weighted by atomic mass is 19.1. The van der Waals surface area contributed by atoms with Gasteiger partial charge in [0.15, 0.2) is 11.6 Å². The summed E-state index contributed by atoms with van der Waals surface area (Å²) >= 11 is 0. The molecule has 2 unspecified atom stereocenters. The second kappa shape index (κ2) is 9.22. The minimum absolute atomic E-state index is 0.0980. The van der Waals surface area contributed by atoms with Gasteiger partial charge in [-0.1, -0.05) is 6.07 Å². The number of halogens is 1. The van der Waals surface area contributed by atoms with Crippen LogP contribution in [0.25, 0.3) is 6.08 Å². The van der Waals surface area contributed by atoms with E-state index in [0.29, 0.717) is 30.1 Å². The van der Waals surface area contributed by atoms with Gasteiger partial charge in [-0.25, -0.2) is 9.37 Å². The Hall–Kier alpha value is -3.03. The zero-order chi connectivity index (χ0) is 21.9. The lowest BCUT2D eigenvalue weighted by molar-refractivity contribution is -0.116. The Morgan fingerprint density at radius 1 is 1.25 bits per heavy atom. The Balaban J connectivity index is 1.07. The smallest absolute Gasteiger partial charge is 0.318 e. The van der Waals surface area contributed by atoms with Gasteiger partial charge in [0.25, 0.3) is 0 Å². The molecule has 0 aromatic carbocycles. The van der Waals surface area contributed by atoms with Gasteiger partial charge >= 0.3 is 6.01 Å². The highest BCUT2D eigenvalue weighted by molar-refractivity contribution is 5.91. The van der Waals surface area contributed by atoms with Crippen LogP contribution in [0.3, 0.4) is 0 Å². The van der Waals surface area contributed by atoms with E-state index in [1.165, 1.54) is 12.3 Å². The molecular weight excluding hydrogens is 409 g/mol. The third kappa shape index (κ3) is 4.74. The van der Waals surface area contributed by atoms with E-state index in [2.05, 4.69) is 20.3 Å². The van der Waals surface area contributed by atoms with Crippen molar-refractivity contribution in [1.82, 2.24) is 20.3 Å². The van der Waals surface area contributed by atoms with Gasteiger partial charge in [-0.3, -0.25) is 9.78 Å². The summed E-state index contributed by atoms with van der Waals surface area (Å²) in [7, 11) is 0. The zero-order valence-electron chi connectivity index (χ0n) is 18.0. The third-order valence-electron chi connectivity index (χ3n) is 6.84. The molecule has 2 aromatic heterocycles. The molecule has 3 heterocycles. The van der Waals surface area contributed by atoms with Crippen molar-refractivity contribution < 1.29 is 13.9 Å². The summed E-state index contributed by atoms with van der Waals surface area (Å²) in [5, 5.41) is 2.95. The predicted molar refractivity (Wildman–Crippen MR) is 118 cm³/mol. The van der Waals surface area contributed by atoms with Crippen molar-refractivity contribution in [2.45, 2.75) is 38.2 Å². The first-order valence-electron chi connectivity index (χ1n) is 11.5. The molecule has 2 saturated carbocycles. The number of anilines is 1. The second-order valence-electron chi connectivity index (χ2n) is 8.94. The molecule has 168 valence electrons. The predicted octanol–water partition coefficient (Wildman–Crippen LogP) is 3.23. The van der Waals surface area contributed by atoms with Crippen LogP contribution in [0.15, 0.2) is 36.8 Å². The topological polar surface area (TPSA) is 80.2 Å². The monoisotopic (exact) mass is 437 g/mol. The van der Waals surface area contributed by atoms with Gasteiger partial charge in [0.2, 0.25) is 5.91 Å². The molecule has 2 aliphatic carbocycles. The maximum Gasteiger partial charge on any atom is 0.318 e. The van der Waals surface area contributed by atoms with E-state index in [-0.39, 0.29) is 18.0 Å². The van der Waals surface area contributed by atoms with Crippen LogP contribution in [-0.4, -0.2) is 46.6 Å². The fourth-order valence-electron chi connectivity index (χ4n) is 5.09. The van der Waals surface area contributed by atoms with Crippen LogP contribution >= 0.6 is 0 Å². The zero-order valence-corrected chi connectivity index (χ0v) is 18.0. The number of fused-ring (bicyclic) bond motifs is 1. The van der Waals surface area contributed by atoms with Crippen molar-refractivity contribution in [3.63, 3.8) is 0 Å². The Morgan fingerprint density at radius 2 is 2.06 bits per heavy atom. The number of hydrogen-bond donors (Lipinski definition) is 1. The number of aromatic nitrogens is 3. The Kier molecular flexibility index (Phi) is 6.01. The molecule has 32 heavy (non-hydrogen) atoms. The lowest BCUT2D eigenvalue weighted by Gasteiger charge is -2.22. The van der Waals surface area contributed by atoms with Crippen molar-refractivity contribution >= 4 is 17.8 Å². The fourth-order valence-corrected chi connectivity index (χ4v) is 5.09. The number of nitrogens with one attached hydrogen (secondary N) is 1. The molecule has 5 rings (SSSR count). The molecule has 2 aromatic rings. The highest BCUT2D eigenvalue weighted by Gasteiger charge is 2.55. The lowest BCUT2D eigenvalue weighted by Crippen LogP contribution is -2.28. The molecule has 1 N–H and O–H groups in total. The van der Waals surface area contributed by atoms with E-state index >= 15 is 0 Å². The average Bonchev–Trinajstić information content (AvgIpc) is 3.19. The number of piperidine rings is 1. The maximum atomic E-state index is 14.4. The number of ether oxygens (including phenoxy) is 1. The number of pyridine rings is 1. The van der Waals surface area contributed by atoms with E-state index in [0.717, 1.165) is 50.8 Å². The quantitative estimate of drug-likeness (QED) is 0.639. The van der Waals surface area contributed by atoms with Crippen LogP contribution in [-0.2, 0) is 4.79 Å². The Bertz CT molecular complexity index is 968. The van der Waals surface area contributed by atoms with Crippen LogP contribution in [0.1, 0.15) is 37.7 Å². The minimum atomic E-state index is -0.394. The normalized spacial score (nSPS) is 24.7. The first-order chi connectivity index (χ1) is 15.7. The van der Waals surface area contributed by atoms with Crippen LogP contribution in [0.5, 0.6) is 6.01 Å². The molecule has 8 heteroatoms. The van der Waals surface area contributed by atoms with Crippen molar-refractivity contribution in [3.05, 3.63) is 48.2 Å². The van der Waals surface area contributed by atoms with Gasteiger partial charge in [-0.15, -0.1) is 0 Å². The molecule has 0 radical (unpaired) electrons. The molecule has 7 nitrogen and oxygen atoms in total. The molecule has 1 saturated heterocycles. The number of nitrogens with zero attached hydrogens (tertiary/aromatic N) is 4. The summed E-state index contributed by atoms with van der Waals surface area (Å²) in [5.41, 5.74) is 0.896. The number of amides is 1. The van der Waals surface area contributed by atoms with Crippen LogP contribution in [0.2, 0.25) is 0 Å². The van der Waals surface area contributed by atoms with Gasteiger partial charge in [0.05, 0.1) is 6.20 Å². The molecule has 1 aliphatic heterocycles. The molecule has 0 spiro atoms. The molecule has 2 atom stereocenters. The first kappa shape index (κ1) is 20.8. The number of carbonyl (C=O) groups excluding carboxylic acids is 1. The molecule has 0 bridgehead atoms. The summed E-state index contributed by atoms with van der Waals surface area (Å²) in [5.74, 6) is 1.51. The molecule has 3 fully saturated rings. The summed E-state index contributed by atoms with van der Waals surface area (Å²) < 4.78 is 20.2. The highest BCUT2D eigenvalue weighted by Crippen LogP contribution is 2.54. The van der Waals surface area contributed by atoms with Gasteiger partial charge in [-0.2, -0.15) is 4.98 Å².